The number of halogens is 1. The second kappa shape index (κ2) is 5.75. The van der Waals surface area contributed by atoms with Crippen LogP contribution in [0.2, 0.25) is 0 Å². The first-order chi connectivity index (χ1) is 7.60. The molecule has 1 amide bonds. The molecule has 0 spiro atoms. The average Bonchev–Trinajstić information content (AvgIpc) is 2.29. The topological polar surface area (TPSA) is 29.5 Å². The van der Waals surface area contributed by atoms with Gasteiger partial charge in [0.1, 0.15) is 11.6 Å². The van der Waals surface area contributed by atoms with E-state index < -0.39 is 0 Å². The summed E-state index contributed by atoms with van der Waals surface area (Å²) < 4.78 is 5.07. The highest BCUT2D eigenvalue weighted by Crippen LogP contribution is 2.21. The molecule has 0 atom stereocenters. The van der Waals surface area contributed by atoms with E-state index in [0.717, 1.165) is 11.4 Å². The molecule has 0 fully saturated rings. The molecule has 0 aliphatic rings. The molecule has 0 saturated carbocycles. The number of carbonyl (C=O) groups is 1. The Balaban J connectivity index is 2.97. The average molecular weight is 242 g/mol. The fraction of sp³-hybridized carbons (Fsp3) is 0.417. The third-order valence-corrected chi connectivity index (χ3v) is 2.48. The van der Waals surface area contributed by atoms with Crippen LogP contribution in [-0.2, 0) is 4.79 Å². The van der Waals surface area contributed by atoms with Gasteiger partial charge in [-0.2, -0.15) is 0 Å². The normalized spacial score (nSPS) is 10.3. The van der Waals surface area contributed by atoms with E-state index in [2.05, 4.69) is 0 Å². The number of rotatable bonds is 4. The molecule has 0 aromatic heterocycles. The number of carbonyl (C=O) groups excluding carboxylic acids is 1. The summed E-state index contributed by atoms with van der Waals surface area (Å²) in [5, 5.41) is 0. The standard InChI is InChI=1S/C12H16ClNO2/c1-9(2)14(12(15)8-13)10-4-6-11(16-3)7-5-10/h4-7,9H,8H2,1-3H3. The lowest BCUT2D eigenvalue weighted by molar-refractivity contribution is -0.116. The van der Waals surface area contributed by atoms with Crippen molar-refractivity contribution < 1.29 is 9.53 Å². The van der Waals surface area contributed by atoms with Gasteiger partial charge in [0, 0.05) is 11.7 Å². The molecule has 1 aromatic carbocycles. The zero-order valence-corrected chi connectivity index (χ0v) is 10.5. The van der Waals surface area contributed by atoms with Crippen LogP contribution in [0.1, 0.15) is 13.8 Å². The summed E-state index contributed by atoms with van der Waals surface area (Å²) in [4.78, 5) is 13.3. The number of amides is 1. The molecule has 0 aliphatic heterocycles. The molecule has 88 valence electrons. The van der Waals surface area contributed by atoms with E-state index in [1.807, 2.05) is 38.1 Å². The number of hydrogen-bond acceptors (Lipinski definition) is 2. The summed E-state index contributed by atoms with van der Waals surface area (Å²) in [6.45, 7) is 3.91. The first-order valence-electron chi connectivity index (χ1n) is 5.12. The number of nitrogens with zero attached hydrogens (tertiary/aromatic N) is 1. The molecule has 0 unspecified atom stereocenters. The van der Waals surface area contributed by atoms with Crippen molar-refractivity contribution in [3.8, 4) is 5.75 Å². The van der Waals surface area contributed by atoms with E-state index >= 15 is 0 Å². The summed E-state index contributed by atoms with van der Waals surface area (Å²) >= 11 is 5.58. The van der Waals surface area contributed by atoms with Gasteiger partial charge in [-0.25, -0.2) is 0 Å². The zero-order valence-electron chi connectivity index (χ0n) is 9.74. The Morgan fingerprint density at radius 3 is 2.31 bits per heavy atom. The number of benzene rings is 1. The summed E-state index contributed by atoms with van der Waals surface area (Å²) in [5.74, 6) is 0.664. The molecule has 0 aliphatic carbocycles. The van der Waals surface area contributed by atoms with Gasteiger partial charge in [-0.3, -0.25) is 4.79 Å². The lowest BCUT2D eigenvalue weighted by Gasteiger charge is -2.26. The summed E-state index contributed by atoms with van der Waals surface area (Å²) in [7, 11) is 1.61. The van der Waals surface area contributed by atoms with Crippen molar-refractivity contribution >= 4 is 23.2 Å². The minimum absolute atomic E-state index is 0.00971. The van der Waals surface area contributed by atoms with E-state index in [4.69, 9.17) is 16.3 Å². The molecule has 16 heavy (non-hydrogen) atoms. The highest BCUT2D eigenvalue weighted by Gasteiger charge is 2.17. The first-order valence-corrected chi connectivity index (χ1v) is 5.65. The Hall–Kier alpha value is -1.22. The SMILES string of the molecule is COc1ccc(N(C(=O)CCl)C(C)C)cc1. The number of hydrogen-bond donors (Lipinski definition) is 0. The summed E-state index contributed by atoms with van der Waals surface area (Å²) in [5.41, 5.74) is 0.835. The molecule has 4 heteroatoms. The van der Waals surface area contributed by atoms with Gasteiger partial charge in [-0.05, 0) is 38.1 Å². The van der Waals surface area contributed by atoms with E-state index in [-0.39, 0.29) is 17.8 Å². The molecule has 0 bridgehead atoms. The first kappa shape index (κ1) is 12.8. The van der Waals surface area contributed by atoms with Crippen molar-refractivity contribution in [1.29, 1.82) is 0 Å². The third kappa shape index (κ3) is 2.89. The maximum Gasteiger partial charge on any atom is 0.242 e. The molecule has 1 rings (SSSR count). The van der Waals surface area contributed by atoms with Crippen molar-refractivity contribution in [2.45, 2.75) is 19.9 Å². The number of alkyl halides is 1. The van der Waals surface area contributed by atoms with Gasteiger partial charge in [0.05, 0.1) is 7.11 Å². The van der Waals surface area contributed by atoms with Crippen LogP contribution in [0.5, 0.6) is 5.75 Å². The minimum Gasteiger partial charge on any atom is -0.497 e. The Kier molecular flexibility index (Phi) is 4.62. The van der Waals surface area contributed by atoms with Crippen LogP contribution in [0.3, 0.4) is 0 Å². The summed E-state index contributed by atoms with van der Waals surface area (Å²) in [6.07, 6.45) is 0. The van der Waals surface area contributed by atoms with Gasteiger partial charge in [0.15, 0.2) is 0 Å². The molecular formula is C12H16ClNO2. The van der Waals surface area contributed by atoms with Crippen LogP contribution < -0.4 is 9.64 Å². The van der Waals surface area contributed by atoms with Gasteiger partial charge in [0.2, 0.25) is 5.91 Å². The van der Waals surface area contributed by atoms with Crippen LogP contribution in [0, 0.1) is 0 Å². The molecule has 0 N–H and O–H groups in total. The monoisotopic (exact) mass is 241 g/mol. The predicted molar refractivity (Wildman–Crippen MR) is 66.3 cm³/mol. The largest absolute Gasteiger partial charge is 0.497 e. The van der Waals surface area contributed by atoms with Crippen LogP contribution in [0.15, 0.2) is 24.3 Å². The van der Waals surface area contributed by atoms with E-state index in [9.17, 15) is 4.79 Å². The Morgan fingerprint density at radius 2 is 1.94 bits per heavy atom. The van der Waals surface area contributed by atoms with E-state index in [1.54, 1.807) is 12.0 Å². The molecule has 0 saturated heterocycles. The van der Waals surface area contributed by atoms with Gasteiger partial charge < -0.3 is 9.64 Å². The second-order valence-corrected chi connectivity index (χ2v) is 3.96. The Bertz CT molecular complexity index is 349. The van der Waals surface area contributed by atoms with E-state index in [0.29, 0.717) is 0 Å². The fourth-order valence-electron chi connectivity index (χ4n) is 1.54. The number of anilines is 1. The number of methoxy groups -OCH3 is 1. The molecular weight excluding hydrogens is 226 g/mol. The van der Waals surface area contributed by atoms with Crippen molar-refractivity contribution in [3.05, 3.63) is 24.3 Å². The third-order valence-electron chi connectivity index (χ3n) is 2.25. The zero-order chi connectivity index (χ0) is 12.1. The molecule has 0 heterocycles. The second-order valence-electron chi connectivity index (χ2n) is 3.69. The van der Waals surface area contributed by atoms with Crippen molar-refractivity contribution in [2.75, 3.05) is 17.9 Å². The van der Waals surface area contributed by atoms with Crippen molar-refractivity contribution in [3.63, 3.8) is 0 Å². The van der Waals surface area contributed by atoms with Gasteiger partial charge in [-0.15, -0.1) is 11.6 Å². The fourth-order valence-corrected chi connectivity index (χ4v) is 1.67. The van der Waals surface area contributed by atoms with Gasteiger partial charge in [-0.1, -0.05) is 0 Å². The van der Waals surface area contributed by atoms with Gasteiger partial charge >= 0.3 is 0 Å². The van der Waals surface area contributed by atoms with Crippen LogP contribution in [0.25, 0.3) is 0 Å². The van der Waals surface area contributed by atoms with Gasteiger partial charge in [0.25, 0.3) is 0 Å². The Labute approximate surface area is 101 Å². The highest BCUT2D eigenvalue weighted by atomic mass is 35.5. The molecule has 1 aromatic rings. The molecule has 0 radical (unpaired) electrons. The van der Waals surface area contributed by atoms with Crippen LogP contribution in [0.4, 0.5) is 5.69 Å². The predicted octanol–water partition coefficient (Wildman–Crippen LogP) is 2.68. The summed E-state index contributed by atoms with van der Waals surface area (Å²) in [6, 6.07) is 7.44. The quantitative estimate of drug-likeness (QED) is 0.759. The maximum absolute atomic E-state index is 11.7. The smallest absolute Gasteiger partial charge is 0.242 e. The number of ether oxygens (including phenoxy) is 1. The highest BCUT2D eigenvalue weighted by molar-refractivity contribution is 6.29. The van der Waals surface area contributed by atoms with Crippen molar-refractivity contribution in [1.82, 2.24) is 0 Å². The van der Waals surface area contributed by atoms with Crippen LogP contribution in [-0.4, -0.2) is 24.9 Å². The van der Waals surface area contributed by atoms with Crippen molar-refractivity contribution in [2.24, 2.45) is 0 Å². The van der Waals surface area contributed by atoms with E-state index in [1.165, 1.54) is 0 Å². The lowest BCUT2D eigenvalue weighted by Crippen LogP contribution is -2.37. The van der Waals surface area contributed by atoms with Crippen LogP contribution >= 0.6 is 11.6 Å². The Morgan fingerprint density at radius 1 is 1.38 bits per heavy atom. The minimum atomic E-state index is -0.0955. The lowest BCUT2D eigenvalue weighted by atomic mass is 10.2. The molecule has 3 nitrogen and oxygen atoms in total. The maximum atomic E-state index is 11.7.